The molecule has 0 saturated carbocycles. The van der Waals surface area contributed by atoms with Crippen molar-refractivity contribution in [1.82, 2.24) is 3.71 Å². The van der Waals surface area contributed by atoms with E-state index < -0.39 is 0 Å². The standard InChI is InChI=1S/C12H17NO2S2/c1-8-6-11(7-9(2)10(8)3)15-12(14)13(16-4)17-5/h6-7H,1-5H3. The molecule has 0 aliphatic carbocycles. The maximum atomic E-state index is 11.7. The van der Waals surface area contributed by atoms with Crippen molar-refractivity contribution in [3.05, 3.63) is 28.8 Å². The van der Waals surface area contributed by atoms with Crippen molar-refractivity contribution < 1.29 is 9.53 Å². The average Bonchev–Trinajstić information content (AvgIpc) is 2.27. The highest BCUT2D eigenvalue weighted by Crippen LogP contribution is 2.24. The summed E-state index contributed by atoms with van der Waals surface area (Å²) >= 11 is 2.66. The van der Waals surface area contributed by atoms with Gasteiger partial charge in [0.15, 0.2) is 0 Å². The van der Waals surface area contributed by atoms with Crippen LogP contribution in [0.2, 0.25) is 0 Å². The maximum Gasteiger partial charge on any atom is 0.435 e. The van der Waals surface area contributed by atoms with Gasteiger partial charge in [-0.2, -0.15) is 3.71 Å². The molecular formula is C12H17NO2S2. The molecule has 0 bridgehead atoms. The molecule has 0 aliphatic heterocycles. The van der Waals surface area contributed by atoms with Crippen molar-refractivity contribution in [2.24, 2.45) is 0 Å². The summed E-state index contributed by atoms with van der Waals surface area (Å²) in [5.41, 5.74) is 3.50. The molecule has 94 valence electrons. The molecule has 0 fully saturated rings. The van der Waals surface area contributed by atoms with Crippen molar-refractivity contribution >= 4 is 30.0 Å². The summed E-state index contributed by atoms with van der Waals surface area (Å²) < 4.78 is 6.81. The van der Waals surface area contributed by atoms with Gasteiger partial charge in [0.05, 0.1) is 0 Å². The topological polar surface area (TPSA) is 29.5 Å². The third-order valence-electron chi connectivity index (χ3n) is 2.59. The number of carbonyl (C=O) groups is 1. The van der Waals surface area contributed by atoms with Crippen LogP contribution in [-0.4, -0.2) is 22.3 Å². The monoisotopic (exact) mass is 271 g/mol. The summed E-state index contributed by atoms with van der Waals surface area (Å²) in [6.45, 7) is 6.09. The van der Waals surface area contributed by atoms with Gasteiger partial charge in [0.25, 0.3) is 0 Å². The number of rotatable bonds is 3. The van der Waals surface area contributed by atoms with Crippen LogP contribution in [0.15, 0.2) is 12.1 Å². The molecule has 0 atom stereocenters. The number of hydrogen-bond donors (Lipinski definition) is 0. The van der Waals surface area contributed by atoms with E-state index in [4.69, 9.17) is 4.74 Å². The fourth-order valence-corrected chi connectivity index (χ4v) is 2.39. The van der Waals surface area contributed by atoms with Crippen LogP contribution in [0.25, 0.3) is 0 Å². The zero-order chi connectivity index (χ0) is 13.0. The lowest BCUT2D eigenvalue weighted by atomic mass is 10.0. The van der Waals surface area contributed by atoms with Gasteiger partial charge in [0, 0.05) is 12.5 Å². The highest BCUT2D eigenvalue weighted by molar-refractivity contribution is 8.12. The first-order valence-corrected chi connectivity index (χ1v) is 7.54. The third kappa shape index (κ3) is 3.57. The fourth-order valence-electron chi connectivity index (χ4n) is 1.42. The smallest absolute Gasteiger partial charge is 0.409 e. The molecule has 17 heavy (non-hydrogen) atoms. The molecule has 0 spiro atoms. The molecular weight excluding hydrogens is 254 g/mol. The van der Waals surface area contributed by atoms with E-state index in [2.05, 4.69) is 6.92 Å². The fraction of sp³-hybridized carbons (Fsp3) is 0.417. The van der Waals surface area contributed by atoms with Gasteiger partial charge in [-0.15, -0.1) is 0 Å². The van der Waals surface area contributed by atoms with Crippen LogP contribution >= 0.6 is 23.9 Å². The van der Waals surface area contributed by atoms with Gasteiger partial charge in [0.1, 0.15) is 5.75 Å². The zero-order valence-electron chi connectivity index (χ0n) is 10.7. The molecule has 0 aromatic heterocycles. The Morgan fingerprint density at radius 1 is 1.12 bits per heavy atom. The first kappa shape index (κ1) is 14.3. The van der Waals surface area contributed by atoms with Gasteiger partial charge in [0.2, 0.25) is 0 Å². The molecule has 1 aromatic rings. The normalized spacial score (nSPS) is 10.2. The molecule has 1 rings (SSSR count). The Bertz CT molecular complexity index is 394. The Morgan fingerprint density at radius 2 is 1.59 bits per heavy atom. The van der Waals surface area contributed by atoms with E-state index >= 15 is 0 Å². The van der Waals surface area contributed by atoms with Crippen molar-refractivity contribution in [1.29, 1.82) is 0 Å². The summed E-state index contributed by atoms with van der Waals surface area (Å²) in [5, 5.41) is 0. The van der Waals surface area contributed by atoms with Crippen molar-refractivity contribution in [2.75, 3.05) is 12.5 Å². The van der Waals surface area contributed by atoms with E-state index in [9.17, 15) is 4.79 Å². The van der Waals surface area contributed by atoms with Crippen molar-refractivity contribution in [2.45, 2.75) is 20.8 Å². The number of aryl methyl sites for hydroxylation is 2. The van der Waals surface area contributed by atoms with Gasteiger partial charge in [-0.05, 0) is 73.5 Å². The van der Waals surface area contributed by atoms with E-state index in [1.165, 1.54) is 33.2 Å². The predicted molar refractivity (Wildman–Crippen MR) is 75.5 cm³/mol. The predicted octanol–water partition coefficient (Wildman–Crippen LogP) is 3.97. The molecule has 0 aliphatic rings. The highest BCUT2D eigenvalue weighted by atomic mass is 32.2. The van der Waals surface area contributed by atoms with E-state index in [0.717, 1.165) is 11.1 Å². The minimum atomic E-state index is -0.354. The van der Waals surface area contributed by atoms with Crippen molar-refractivity contribution in [3.8, 4) is 5.75 Å². The Morgan fingerprint density at radius 3 is 2.00 bits per heavy atom. The van der Waals surface area contributed by atoms with Crippen LogP contribution < -0.4 is 4.74 Å². The molecule has 5 heteroatoms. The molecule has 0 heterocycles. The Labute approximate surface area is 111 Å². The summed E-state index contributed by atoms with van der Waals surface area (Å²) in [7, 11) is 0. The van der Waals surface area contributed by atoms with Gasteiger partial charge < -0.3 is 4.74 Å². The zero-order valence-corrected chi connectivity index (χ0v) is 12.4. The number of amides is 1. The second-order valence-electron chi connectivity index (χ2n) is 3.67. The summed E-state index contributed by atoms with van der Waals surface area (Å²) in [6, 6.07) is 3.78. The number of benzene rings is 1. The van der Waals surface area contributed by atoms with Crippen molar-refractivity contribution in [3.63, 3.8) is 0 Å². The van der Waals surface area contributed by atoms with Crippen LogP contribution in [0.3, 0.4) is 0 Å². The minimum absolute atomic E-state index is 0.354. The Kier molecular flexibility index (Phi) is 5.21. The number of nitrogens with zero attached hydrogens (tertiary/aromatic N) is 1. The third-order valence-corrected chi connectivity index (χ3v) is 4.44. The van der Waals surface area contributed by atoms with E-state index in [0.29, 0.717) is 5.75 Å². The first-order valence-electron chi connectivity index (χ1n) is 5.17. The Balaban J connectivity index is 2.85. The molecule has 1 amide bonds. The second kappa shape index (κ2) is 6.21. The molecule has 0 N–H and O–H groups in total. The van der Waals surface area contributed by atoms with Gasteiger partial charge in [-0.3, -0.25) is 0 Å². The molecule has 3 nitrogen and oxygen atoms in total. The summed E-state index contributed by atoms with van der Waals surface area (Å²) in [6.07, 6.45) is 3.32. The van der Waals surface area contributed by atoms with Crippen LogP contribution in [0.4, 0.5) is 4.79 Å². The Hall–Kier alpha value is -0.810. The molecule has 0 unspecified atom stereocenters. The van der Waals surface area contributed by atoms with E-state index in [1.54, 1.807) is 0 Å². The minimum Gasteiger partial charge on any atom is -0.409 e. The summed E-state index contributed by atoms with van der Waals surface area (Å²) in [5.74, 6) is 0.601. The van der Waals surface area contributed by atoms with E-state index in [-0.39, 0.29) is 6.09 Å². The second-order valence-corrected chi connectivity index (χ2v) is 5.36. The van der Waals surface area contributed by atoms with Crippen LogP contribution in [0.1, 0.15) is 16.7 Å². The van der Waals surface area contributed by atoms with Crippen LogP contribution in [0.5, 0.6) is 5.75 Å². The molecule has 0 saturated heterocycles. The maximum absolute atomic E-state index is 11.7. The van der Waals surface area contributed by atoms with Gasteiger partial charge in [-0.25, -0.2) is 4.79 Å². The van der Waals surface area contributed by atoms with Gasteiger partial charge in [-0.1, -0.05) is 0 Å². The SMILES string of the molecule is CSN(SC)C(=O)Oc1cc(C)c(C)c(C)c1. The number of ether oxygens (including phenoxy) is 1. The highest BCUT2D eigenvalue weighted by Gasteiger charge is 2.14. The first-order chi connectivity index (χ1) is 7.99. The number of hydrogen-bond acceptors (Lipinski definition) is 4. The van der Waals surface area contributed by atoms with Gasteiger partial charge >= 0.3 is 6.09 Å². The van der Waals surface area contributed by atoms with Crippen LogP contribution in [0, 0.1) is 20.8 Å². The van der Waals surface area contributed by atoms with Crippen LogP contribution in [-0.2, 0) is 0 Å². The summed E-state index contributed by atoms with van der Waals surface area (Å²) in [4.78, 5) is 11.7. The molecule has 0 radical (unpaired) electrons. The quantitative estimate of drug-likeness (QED) is 0.778. The number of carbonyl (C=O) groups excluding carboxylic acids is 1. The van der Waals surface area contributed by atoms with E-state index in [1.807, 2.05) is 38.5 Å². The largest absolute Gasteiger partial charge is 0.435 e. The lowest BCUT2D eigenvalue weighted by Crippen LogP contribution is -2.20. The average molecular weight is 271 g/mol. The lowest BCUT2D eigenvalue weighted by molar-refractivity contribution is 0.197. The lowest BCUT2D eigenvalue weighted by Gasteiger charge is -2.16. The molecule has 1 aromatic carbocycles.